The van der Waals surface area contributed by atoms with E-state index in [1.54, 1.807) is 11.9 Å². The van der Waals surface area contributed by atoms with Crippen molar-refractivity contribution < 1.29 is 9.59 Å². The van der Waals surface area contributed by atoms with Crippen molar-refractivity contribution in [1.82, 2.24) is 10.2 Å². The lowest BCUT2D eigenvalue weighted by molar-refractivity contribution is -0.131. The van der Waals surface area contributed by atoms with Gasteiger partial charge in [0.05, 0.1) is 12.5 Å². The molecule has 0 fully saturated rings. The Morgan fingerprint density at radius 2 is 1.80 bits per heavy atom. The summed E-state index contributed by atoms with van der Waals surface area (Å²) >= 11 is 0. The average molecular weight is 276 g/mol. The van der Waals surface area contributed by atoms with E-state index in [2.05, 4.69) is 19.2 Å². The molecule has 1 aromatic rings. The van der Waals surface area contributed by atoms with E-state index < -0.39 is 0 Å². The molecule has 2 amide bonds. The van der Waals surface area contributed by atoms with Crippen molar-refractivity contribution in [2.45, 2.75) is 33.2 Å². The number of nitrogens with zero attached hydrogens (tertiary/aromatic N) is 1. The molecule has 0 saturated carbocycles. The number of hydrogen-bond donors (Lipinski definition) is 1. The summed E-state index contributed by atoms with van der Waals surface area (Å²) in [5.74, 6) is 0.347. The van der Waals surface area contributed by atoms with Gasteiger partial charge in [-0.3, -0.25) is 9.59 Å². The van der Waals surface area contributed by atoms with Gasteiger partial charge in [-0.2, -0.15) is 0 Å². The lowest BCUT2D eigenvalue weighted by Gasteiger charge is -2.23. The molecule has 4 heteroatoms. The van der Waals surface area contributed by atoms with Gasteiger partial charge in [-0.15, -0.1) is 0 Å². The maximum absolute atomic E-state index is 12.2. The van der Waals surface area contributed by atoms with Gasteiger partial charge in [0.15, 0.2) is 0 Å². The van der Waals surface area contributed by atoms with E-state index >= 15 is 0 Å². The zero-order chi connectivity index (χ0) is 15.1. The van der Waals surface area contributed by atoms with Gasteiger partial charge in [-0.25, -0.2) is 0 Å². The number of nitrogens with one attached hydrogen (secondary N) is 1. The van der Waals surface area contributed by atoms with Crippen LogP contribution < -0.4 is 5.32 Å². The number of amides is 2. The first-order valence-corrected chi connectivity index (χ1v) is 6.96. The van der Waals surface area contributed by atoms with Crippen LogP contribution in [0.3, 0.4) is 0 Å². The molecular weight excluding hydrogens is 252 g/mol. The summed E-state index contributed by atoms with van der Waals surface area (Å²) in [4.78, 5) is 25.3. The van der Waals surface area contributed by atoms with Crippen LogP contribution >= 0.6 is 0 Å². The monoisotopic (exact) mass is 276 g/mol. The molecule has 1 rings (SSSR count). The fraction of sp³-hybridized carbons (Fsp3) is 0.500. The van der Waals surface area contributed by atoms with Crippen molar-refractivity contribution in [2.75, 3.05) is 13.6 Å². The first-order chi connectivity index (χ1) is 9.40. The van der Waals surface area contributed by atoms with Gasteiger partial charge in [0.2, 0.25) is 11.8 Å². The summed E-state index contributed by atoms with van der Waals surface area (Å²) in [5, 5.41) is 2.85. The zero-order valence-corrected chi connectivity index (χ0v) is 12.7. The van der Waals surface area contributed by atoms with E-state index in [0.29, 0.717) is 5.92 Å². The topological polar surface area (TPSA) is 49.4 Å². The highest BCUT2D eigenvalue weighted by molar-refractivity contribution is 5.79. The quantitative estimate of drug-likeness (QED) is 0.867. The second-order valence-corrected chi connectivity index (χ2v) is 5.54. The van der Waals surface area contributed by atoms with Gasteiger partial charge in [0.1, 0.15) is 0 Å². The highest BCUT2D eigenvalue weighted by atomic mass is 16.2. The van der Waals surface area contributed by atoms with Crippen LogP contribution in [0.25, 0.3) is 0 Å². The Kier molecular flexibility index (Phi) is 6.22. The highest BCUT2D eigenvalue weighted by Gasteiger charge is 2.19. The summed E-state index contributed by atoms with van der Waals surface area (Å²) in [7, 11) is 1.80. The van der Waals surface area contributed by atoms with Crippen LogP contribution in [0.1, 0.15) is 38.8 Å². The molecular formula is C16H24N2O2. The Bertz CT molecular complexity index is 443. The maximum atomic E-state index is 12.2. The van der Waals surface area contributed by atoms with E-state index in [1.165, 1.54) is 6.92 Å². The molecule has 4 nitrogen and oxygen atoms in total. The largest absolute Gasteiger partial charge is 0.349 e. The number of hydrogen-bond acceptors (Lipinski definition) is 2. The van der Waals surface area contributed by atoms with Crippen LogP contribution in [0, 0.1) is 5.92 Å². The minimum absolute atomic E-state index is 0.0429. The molecule has 1 N–H and O–H groups in total. The van der Waals surface area contributed by atoms with Gasteiger partial charge in [0, 0.05) is 20.5 Å². The number of benzene rings is 1. The van der Waals surface area contributed by atoms with E-state index in [0.717, 1.165) is 12.1 Å². The minimum Gasteiger partial charge on any atom is -0.349 e. The fourth-order valence-electron chi connectivity index (χ4n) is 2.16. The Morgan fingerprint density at radius 3 is 2.30 bits per heavy atom. The van der Waals surface area contributed by atoms with Crippen molar-refractivity contribution in [3.63, 3.8) is 0 Å². The number of carbonyl (C=O) groups is 2. The van der Waals surface area contributed by atoms with Gasteiger partial charge < -0.3 is 10.2 Å². The lowest BCUT2D eigenvalue weighted by atomic mass is 10.0. The second-order valence-electron chi connectivity index (χ2n) is 5.54. The molecule has 0 aliphatic carbocycles. The van der Waals surface area contributed by atoms with Gasteiger partial charge >= 0.3 is 0 Å². The van der Waals surface area contributed by atoms with Crippen molar-refractivity contribution in [1.29, 1.82) is 0 Å². The summed E-state index contributed by atoms with van der Waals surface area (Å²) < 4.78 is 0. The Labute approximate surface area is 121 Å². The van der Waals surface area contributed by atoms with Crippen LogP contribution in [0.2, 0.25) is 0 Å². The Morgan fingerprint density at radius 1 is 1.20 bits per heavy atom. The molecule has 0 bridgehead atoms. The van der Waals surface area contributed by atoms with Crippen LogP contribution in [0.5, 0.6) is 0 Å². The van der Waals surface area contributed by atoms with Crippen molar-refractivity contribution >= 4 is 11.8 Å². The minimum atomic E-state index is -0.268. The molecule has 0 spiro atoms. The van der Waals surface area contributed by atoms with Crippen LogP contribution in [0.15, 0.2) is 30.3 Å². The molecule has 110 valence electrons. The molecule has 0 aliphatic rings. The van der Waals surface area contributed by atoms with Crippen molar-refractivity contribution in [2.24, 2.45) is 5.92 Å². The van der Waals surface area contributed by atoms with Crippen LogP contribution in [0.4, 0.5) is 0 Å². The van der Waals surface area contributed by atoms with Crippen molar-refractivity contribution in [3.8, 4) is 0 Å². The number of carbonyl (C=O) groups excluding carboxylic acids is 2. The molecule has 0 aromatic heterocycles. The van der Waals surface area contributed by atoms with E-state index in [9.17, 15) is 9.59 Å². The third-order valence-electron chi connectivity index (χ3n) is 3.02. The van der Waals surface area contributed by atoms with E-state index in [-0.39, 0.29) is 24.3 Å². The molecule has 0 radical (unpaired) electrons. The second kappa shape index (κ2) is 7.68. The third-order valence-corrected chi connectivity index (χ3v) is 3.02. The molecule has 0 heterocycles. The average Bonchev–Trinajstić information content (AvgIpc) is 2.37. The summed E-state index contributed by atoms with van der Waals surface area (Å²) in [6.45, 7) is 6.34. The van der Waals surface area contributed by atoms with Gasteiger partial charge in [-0.05, 0) is 11.5 Å². The normalized spacial score (nSPS) is 12.1. The summed E-state index contributed by atoms with van der Waals surface area (Å²) in [5.41, 5.74) is 0.953. The SMILES string of the molecule is CC(=O)NC(CC(=O)N(C)CC(C)C)c1ccccc1. The maximum Gasteiger partial charge on any atom is 0.224 e. The van der Waals surface area contributed by atoms with Gasteiger partial charge in [0.25, 0.3) is 0 Å². The first kappa shape index (κ1) is 16.2. The smallest absolute Gasteiger partial charge is 0.224 e. The van der Waals surface area contributed by atoms with Gasteiger partial charge in [-0.1, -0.05) is 44.2 Å². The molecule has 1 unspecified atom stereocenters. The predicted octanol–water partition coefficient (Wildman–Crippen LogP) is 2.37. The van der Waals surface area contributed by atoms with Crippen molar-refractivity contribution in [3.05, 3.63) is 35.9 Å². The standard InChI is InChI=1S/C16H24N2O2/c1-12(2)11-18(4)16(20)10-15(17-13(3)19)14-8-6-5-7-9-14/h5-9,12,15H,10-11H2,1-4H3,(H,17,19). The molecule has 1 aromatic carbocycles. The molecule has 1 atom stereocenters. The molecule has 20 heavy (non-hydrogen) atoms. The lowest BCUT2D eigenvalue weighted by Crippen LogP contribution is -2.35. The number of rotatable bonds is 6. The fourth-order valence-corrected chi connectivity index (χ4v) is 2.16. The zero-order valence-electron chi connectivity index (χ0n) is 12.7. The first-order valence-electron chi connectivity index (χ1n) is 6.96. The van der Waals surface area contributed by atoms with E-state index in [4.69, 9.17) is 0 Å². The summed E-state index contributed by atoms with van der Waals surface area (Å²) in [6.07, 6.45) is 0.285. The molecule has 0 saturated heterocycles. The summed E-state index contributed by atoms with van der Waals surface area (Å²) in [6, 6.07) is 9.32. The van der Waals surface area contributed by atoms with Crippen LogP contribution in [-0.2, 0) is 9.59 Å². The Hall–Kier alpha value is -1.84. The Balaban J connectivity index is 2.75. The van der Waals surface area contributed by atoms with E-state index in [1.807, 2.05) is 30.3 Å². The van der Waals surface area contributed by atoms with Crippen LogP contribution in [-0.4, -0.2) is 30.3 Å². The molecule has 0 aliphatic heterocycles. The predicted molar refractivity (Wildman–Crippen MR) is 80.1 cm³/mol. The highest BCUT2D eigenvalue weighted by Crippen LogP contribution is 2.17. The third kappa shape index (κ3) is 5.43.